The normalized spacial score (nSPS) is 14.6. The second kappa shape index (κ2) is 9.43. The number of amides is 1. The molecular weight excluding hydrogens is 399 g/mol. The molecule has 1 saturated carbocycles. The molecule has 1 aliphatic rings. The molecule has 0 atom stereocenters. The zero-order valence-electron chi connectivity index (χ0n) is 16.0. The van der Waals surface area contributed by atoms with Gasteiger partial charge in [0.05, 0.1) is 17.8 Å². The van der Waals surface area contributed by atoms with Crippen molar-refractivity contribution in [3.05, 3.63) is 41.7 Å². The van der Waals surface area contributed by atoms with Crippen LogP contribution >= 0.6 is 0 Å². The molecule has 1 aromatic carbocycles. The van der Waals surface area contributed by atoms with Gasteiger partial charge in [0.1, 0.15) is 0 Å². The van der Waals surface area contributed by atoms with Crippen LogP contribution < -0.4 is 15.4 Å². The molecule has 0 aliphatic heterocycles. The van der Waals surface area contributed by atoms with Gasteiger partial charge in [-0.1, -0.05) is 25.3 Å². The predicted octanol–water partition coefficient (Wildman–Crippen LogP) is 4.78. The smallest absolute Gasteiger partial charge is 0.406 e. The molecule has 0 bridgehead atoms. The fourth-order valence-electron chi connectivity index (χ4n) is 3.26. The molecule has 0 unspecified atom stereocenters. The number of carbonyl (C=O) groups is 1. The van der Waals surface area contributed by atoms with Gasteiger partial charge in [-0.2, -0.15) is 18.4 Å². The Bertz CT molecular complexity index is 937. The third kappa shape index (κ3) is 5.83. The molecule has 1 heterocycles. The van der Waals surface area contributed by atoms with E-state index in [0.717, 1.165) is 38.3 Å². The first-order valence-corrected chi connectivity index (χ1v) is 9.52. The van der Waals surface area contributed by atoms with E-state index in [-0.39, 0.29) is 5.95 Å². The summed E-state index contributed by atoms with van der Waals surface area (Å²) >= 11 is 0. The summed E-state index contributed by atoms with van der Waals surface area (Å²) in [6.07, 6.45) is 0.249. The number of anilines is 2. The fourth-order valence-corrected chi connectivity index (χ4v) is 3.26. The lowest BCUT2D eigenvalue weighted by Crippen LogP contribution is -2.33. The number of aromatic nitrogens is 2. The molecule has 10 heteroatoms. The number of hydrogen-bond donors (Lipinski definition) is 2. The van der Waals surface area contributed by atoms with E-state index < -0.39 is 23.7 Å². The number of nitrogens with one attached hydrogen (secondary N) is 2. The van der Waals surface area contributed by atoms with Gasteiger partial charge < -0.3 is 15.4 Å². The number of ether oxygens (including phenoxy) is 1. The number of nitrogens with zero attached hydrogens (tertiary/aromatic N) is 3. The maximum atomic E-state index is 13.4. The summed E-state index contributed by atoms with van der Waals surface area (Å²) in [6, 6.07) is 8.05. The first kappa shape index (κ1) is 21.4. The Labute approximate surface area is 171 Å². The molecule has 0 saturated heterocycles. The summed E-state index contributed by atoms with van der Waals surface area (Å²) in [6.45, 7) is 0.357. The van der Waals surface area contributed by atoms with Crippen LogP contribution in [0.1, 0.15) is 43.4 Å². The van der Waals surface area contributed by atoms with Gasteiger partial charge in [0, 0.05) is 12.2 Å². The number of alkyl halides is 3. The molecule has 30 heavy (non-hydrogen) atoms. The van der Waals surface area contributed by atoms with Crippen LogP contribution in [0.3, 0.4) is 0 Å². The molecule has 0 radical (unpaired) electrons. The Morgan fingerprint density at radius 1 is 1.27 bits per heavy atom. The van der Waals surface area contributed by atoms with Gasteiger partial charge in [0.2, 0.25) is 5.95 Å². The molecular formula is C20H20F3N5O2. The highest BCUT2D eigenvalue weighted by molar-refractivity contribution is 5.70. The van der Waals surface area contributed by atoms with Crippen LogP contribution in [-0.2, 0) is 6.18 Å². The van der Waals surface area contributed by atoms with Crippen LogP contribution in [0.25, 0.3) is 0 Å². The maximum absolute atomic E-state index is 13.4. The average molecular weight is 419 g/mol. The summed E-state index contributed by atoms with van der Waals surface area (Å²) in [5.74, 6) is -0.812. The summed E-state index contributed by atoms with van der Waals surface area (Å²) in [5, 5.41) is 14.0. The van der Waals surface area contributed by atoms with E-state index >= 15 is 0 Å². The summed E-state index contributed by atoms with van der Waals surface area (Å²) < 4.78 is 45.2. The van der Waals surface area contributed by atoms with Crippen molar-refractivity contribution < 1.29 is 22.7 Å². The van der Waals surface area contributed by atoms with Crippen molar-refractivity contribution in [2.45, 2.75) is 38.3 Å². The SMILES string of the molecule is N#Cc1cccc(Nc2ncc(OC(=O)NCC3CCCCC3)c(C(F)(F)F)n2)c1. The van der Waals surface area contributed by atoms with Crippen molar-refractivity contribution in [3.8, 4) is 11.8 Å². The number of benzene rings is 1. The quantitative estimate of drug-likeness (QED) is 0.724. The molecule has 1 aromatic heterocycles. The first-order chi connectivity index (χ1) is 14.3. The molecule has 2 aromatic rings. The van der Waals surface area contributed by atoms with Crippen molar-refractivity contribution in [2.75, 3.05) is 11.9 Å². The fraction of sp³-hybridized carbons (Fsp3) is 0.400. The Balaban J connectivity index is 1.71. The number of rotatable bonds is 5. The average Bonchev–Trinajstić information content (AvgIpc) is 2.73. The summed E-state index contributed by atoms with van der Waals surface area (Å²) in [7, 11) is 0. The van der Waals surface area contributed by atoms with E-state index in [2.05, 4.69) is 20.6 Å². The zero-order valence-corrected chi connectivity index (χ0v) is 16.0. The Hall–Kier alpha value is -3.35. The van der Waals surface area contributed by atoms with Gasteiger partial charge in [-0.25, -0.2) is 14.8 Å². The van der Waals surface area contributed by atoms with Crippen LogP contribution in [0.15, 0.2) is 30.5 Å². The lowest BCUT2D eigenvalue weighted by atomic mass is 9.89. The van der Waals surface area contributed by atoms with E-state index in [1.165, 1.54) is 6.07 Å². The Morgan fingerprint density at radius 3 is 2.73 bits per heavy atom. The van der Waals surface area contributed by atoms with Gasteiger partial charge in [-0.05, 0) is 37.0 Å². The molecule has 1 fully saturated rings. The molecule has 1 aliphatic carbocycles. The van der Waals surface area contributed by atoms with Gasteiger partial charge in [-0.15, -0.1) is 0 Å². The van der Waals surface area contributed by atoms with Crippen molar-refractivity contribution >= 4 is 17.7 Å². The monoisotopic (exact) mass is 419 g/mol. The van der Waals surface area contributed by atoms with E-state index in [0.29, 0.717) is 23.7 Å². The molecule has 2 N–H and O–H groups in total. The number of hydrogen-bond acceptors (Lipinski definition) is 6. The third-order valence-corrected chi connectivity index (χ3v) is 4.73. The van der Waals surface area contributed by atoms with Crippen LogP contribution in [0.5, 0.6) is 5.75 Å². The van der Waals surface area contributed by atoms with Crippen LogP contribution in [0.2, 0.25) is 0 Å². The molecule has 7 nitrogen and oxygen atoms in total. The number of carbonyl (C=O) groups excluding carboxylic acids is 1. The first-order valence-electron chi connectivity index (χ1n) is 9.52. The molecule has 158 valence electrons. The number of nitriles is 1. The van der Waals surface area contributed by atoms with Gasteiger partial charge >= 0.3 is 12.3 Å². The van der Waals surface area contributed by atoms with Crippen molar-refractivity contribution in [3.63, 3.8) is 0 Å². The lowest BCUT2D eigenvalue weighted by Gasteiger charge is -2.21. The Morgan fingerprint density at radius 2 is 2.03 bits per heavy atom. The molecule has 3 rings (SSSR count). The highest BCUT2D eigenvalue weighted by Gasteiger charge is 2.38. The van der Waals surface area contributed by atoms with Crippen LogP contribution in [-0.4, -0.2) is 22.6 Å². The Kier molecular flexibility index (Phi) is 6.72. The maximum Gasteiger partial charge on any atom is 0.437 e. The molecule has 1 amide bonds. The third-order valence-electron chi connectivity index (χ3n) is 4.73. The van der Waals surface area contributed by atoms with Crippen LogP contribution in [0, 0.1) is 17.2 Å². The summed E-state index contributed by atoms with van der Waals surface area (Å²) in [4.78, 5) is 19.2. The predicted molar refractivity (Wildman–Crippen MR) is 102 cm³/mol. The topological polar surface area (TPSA) is 99.9 Å². The highest BCUT2D eigenvalue weighted by Crippen LogP contribution is 2.35. The van der Waals surface area contributed by atoms with E-state index in [1.54, 1.807) is 18.2 Å². The second-order valence-electron chi connectivity index (χ2n) is 7.00. The minimum Gasteiger partial charge on any atom is -0.406 e. The number of halogens is 3. The largest absolute Gasteiger partial charge is 0.437 e. The van der Waals surface area contributed by atoms with E-state index in [1.807, 2.05) is 6.07 Å². The van der Waals surface area contributed by atoms with Crippen molar-refractivity contribution in [2.24, 2.45) is 5.92 Å². The lowest BCUT2D eigenvalue weighted by molar-refractivity contribution is -0.142. The van der Waals surface area contributed by atoms with Crippen molar-refractivity contribution in [1.82, 2.24) is 15.3 Å². The second-order valence-corrected chi connectivity index (χ2v) is 7.00. The molecule has 0 spiro atoms. The zero-order chi connectivity index (χ0) is 21.6. The van der Waals surface area contributed by atoms with E-state index in [4.69, 9.17) is 10.00 Å². The highest BCUT2D eigenvalue weighted by atomic mass is 19.4. The van der Waals surface area contributed by atoms with E-state index in [9.17, 15) is 18.0 Å². The van der Waals surface area contributed by atoms with Gasteiger partial charge in [-0.3, -0.25) is 0 Å². The standard InChI is InChI=1S/C20H20F3N5O2/c21-20(22,23)17-16(30-19(29)26-11-13-5-2-1-3-6-13)12-25-18(28-17)27-15-8-4-7-14(9-15)10-24/h4,7-9,12-13H,1-3,5-6,11H2,(H,26,29)(H,25,27,28). The minimum absolute atomic E-state index is 0.306. The van der Waals surface area contributed by atoms with Crippen LogP contribution in [0.4, 0.5) is 29.6 Å². The van der Waals surface area contributed by atoms with Gasteiger partial charge in [0.15, 0.2) is 11.4 Å². The summed E-state index contributed by atoms with van der Waals surface area (Å²) in [5.41, 5.74) is -0.698. The van der Waals surface area contributed by atoms with Gasteiger partial charge in [0.25, 0.3) is 0 Å². The van der Waals surface area contributed by atoms with Crippen molar-refractivity contribution in [1.29, 1.82) is 5.26 Å². The minimum atomic E-state index is -4.85.